The van der Waals surface area contributed by atoms with Gasteiger partial charge in [-0.25, -0.2) is 0 Å². The van der Waals surface area contributed by atoms with Gasteiger partial charge in [0.15, 0.2) is 0 Å². The fraction of sp³-hybridized carbons (Fsp3) is 0.455. The molecule has 3 rings (SSSR count). The molecule has 1 aliphatic rings. The van der Waals surface area contributed by atoms with Crippen LogP contribution in [0.3, 0.4) is 0 Å². The maximum atomic E-state index is 10.3. The van der Waals surface area contributed by atoms with Crippen LogP contribution < -0.4 is 10.6 Å². The molecule has 2 aromatic rings. The summed E-state index contributed by atoms with van der Waals surface area (Å²) in [6, 6.07) is 17.3. The molecule has 0 radical (unpaired) electrons. The first-order chi connectivity index (χ1) is 11.9. The summed E-state index contributed by atoms with van der Waals surface area (Å²) in [4.78, 5) is 0. The predicted molar refractivity (Wildman–Crippen MR) is 104 cm³/mol. The van der Waals surface area contributed by atoms with Crippen molar-refractivity contribution in [3.8, 4) is 5.75 Å². The highest BCUT2D eigenvalue weighted by Gasteiger charge is 2.26. The van der Waals surface area contributed by atoms with E-state index in [4.69, 9.17) is 0 Å². The van der Waals surface area contributed by atoms with Crippen molar-refractivity contribution in [3.05, 3.63) is 65.2 Å². The summed E-state index contributed by atoms with van der Waals surface area (Å²) in [5.41, 5.74) is 3.64. The molecule has 3 nitrogen and oxygen atoms in total. The Balaban J connectivity index is 1.73. The van der Waals surface area contributed by atoms with Crippen molar-refractivity contribution in [2.75, 3.05) is 6.54 Å². The molecule has 2 atom stereocenters. The second-order valence-electron chi connectivity index (χ2n) is 8.07. The van der Waals surface area contributed by atoms with Gasteiger partial charge in [-0.05, 0) is 42.0 Å². The molecule has 0 aromatic heterocycles. The standard InChI is InChI=1S/C22H30N2O/c1-22(2,3)18-11-12-20(25)17(14-18)15-24-19-10-7-13-23-21(19)16-8-5-4-6-9-16/h4-6,8-9,11-12,14,19,21,23-25H,7,10,13,15H2,1-3H3/t19-,21-/m0/s1. The van der Waals surface area contributed by atoms with Crippen molar-refractivity contribution in [2.24, 2.45) is 0 Å². The average molecular weight is 338 g/mol. The zero-order valence-electron chi connectivity index (χ0n) is 15.5. The third kappa shape index (κ3) is 4.42. The maximum Gasteiger partial charge on any atom is 0.120 e. The Morgan fingerprint density at radius 3 is 2.60 bits per heavy atom. The second kappa shape index (κ2) is 7.59. The van der Waals surface area contributed by atoms with Gasteiger partial charge in [0, 0.05) is 24.2 Å². The highest BCUT2D eigenvalue weighted by Crippen LogP contribution is 2.28. The number of phenolic OH excluding ortho intramolecular Hbond substituents is 1. The molecular formula is C22H30N2O. The normalized spacial score (nSPS) is 21.2. The van der Waals surface area contributed by atoms with Crippen LogP contribution in [0.2, 0.25) is 0 Å². The molecule has 0 bridgehead atoms. The zero-order valence-corrected chi connectivity index (χ0v) is 15.5. The molecular weight excluding hydrogens is 308 g/mol. The lowest BCUT2D eigenvalue weighted by Gasteiger charge is -2.34. The van der Waals surface area contributed by atoms with Crippen molar-refractivity contribution >= 4 is 0 Å². The smallest absolute Gasteiger partial charge is 0.120 e. The fourth-order valence-electron chi connectivity index (χ4n) is 3.55. The number of aromatic hydroxyl groups is 1. The van der Waals surface area contributed by atoms with Gasteiger partial charge >= 0.3 is 0 Å². The molecule has 3 N–H and O–H groups in total. The van der Waals surface area contributed by atoms with Gasteiger partial charge in [-0.3, -0.25) is 0 Å². The molecule has 2 aromatic carbocycles. The van der Waals surface area contributed by atoms with Crippen LogP contribution in [-0.2, 0) is 12.0 Å². The van der Waals surface area contributed by atoms with E-state index in [-0.39, 0.29) is 5.41 Å². The summed E-state index contributed by atoms with van der Waals surface area (Å²) in [7, 11) is 0. The van der Waals surface area contributed by atoms with Gasteiger partial charge in [-0.2, -0.15) is 0 Å². The minimum Gasteiger partial charge on any atom is -0.508 e. The first kappa shape index (κ1) is 18.0. The predicted octanol–water partition coefficient (Wildman–Crippen LogP) is 4.27. The summed E-state index contributed by atoms with van der Waals surface area (Å²) in [5.74, 6) is 0.375. The van der Waals surface area contributed by atoms with Crippen molar-refractivity contribution in [2.45, 2.75) is 57.7 Å². The highest BCUT2D eigenvalue weighted by molar-refractivity contribution is 5.38. The largest absolute Gasteiger partial charge is 0.508 e. The first-order valence-electron chi connectivity index (χ1n) is 9.29. The number of benzene rings is 2. The van der Waals surface area contributed by atoms with E-state index in [1.54, 1.807) is 0 Å². The van der Waals surface area contributed by atoms with E-state index in [2.05, 4.69) is 67.8 Å². The average Bonchev–Trinajstić information content (AvgIpc) is 2.61. The number of hydrogen-bond donors (Lipinski definition) is 3. The Morgan fingerprint density at radius 2 is 1.88 bits per heavy atom. The summed E-state index contributed by atoms with van der Waals surface area (Å²) in [6.45, 7) is 8.35. The molecule has 0 unspecified atom stereocenters. The molecule has 1 heterocycles. The van der Waals surface area contributed by atoms with Gasteiger partial charge in [0.2, 0.25) is 0 Å². The number of phenols is 1. The van der Waals surface area contributed by atoms with Crippen LogP contribution in [0, 0.1) is 0 Å². The molecule has 1 fully saturated rings. The molecule has 1 saturated heterocycles. The quantitative estimate of drug-likeness (QED) is 0.780. The molecule has 0 amide bonds. The fourth-order valence-corrected chi connectivity index (χ4v) is 3.55. The van der Waals surface area contributed by atoms with Gasteiger partial charge in [-0.1, -0.05) is 63.2 Å². The Kier molecular flexibility index (Phi) is 5.45. The zero-order chi connectivity index (χ0) is 17.9. The monoisotopic (exact) mass is 338 g/mol. The van der Waals surface area contributed by atoms with Gasteiger partial charge < -0.3 is 15.7 Å². The first-order valence-corrected chi connectivity index (χ1v) is 9.29. The number of piperidine rings is 1. The van der Waals surface area contributed by atoms with E-state index >= 15 is 0 Å². The molecule has 25 heavy (non-hydrogen) atoms. The minimum atomic E-state index is 0.0847. The molecule has 1 aliphatic heterocycles. The van der Waals surface area contributed by atoms with Crippen molar-refractivity contribution in [3.63, 3.8) is 0 Å². The van der Waals surface area contributed by atoms with Gasteiger partial charge in [0.05, 0.1) is 0 Å². The van der Waals surface area contributed by atoms with E-state index in [9.17, 15) is 5.11 Å². The Bertz CT molecular complexity index is 691. The number of rotatable bonds is 4. The lowest BCUT2D eigenvalue weighted by molar-refractivity contribution is 0.303. The van der Waals surface area contributed by atoms with Crippen LogP contribution in [0.15, 0.2) is 48.5 Å². The summed E-state index contributed by atoms with van der Waals surface area (Å²) in [6.07, 6.45) is 2.32. The lowest BCUT2D eigenvalue weighted by Crippen LogP contribution is -2.45. The third-order valence-electron chi connectivity index (χ3n) is 5.12. The van der Waals surface area contributed by atoms with Gasteiger partial charge in [0.1, 0.15) is 5.75 Å². The highest BCUT2D eigenvalue weighted by atomic mass is 16.3. The SMILES string of the molecule is CC(C)(C)c1ccc(O)c(CN[C@H]2CCCN[C@H]2c2ccccc2)c1. The number of nitrogens with one attached hydrogen (secondary N) is 2. The summed E-state index contributed by atoms with van der Waals surface area (Å²) >= 11 is 0. The van der Waals surface area contributed by atoms with E-state index in [1.807, 2.05) is 12.1 Å². The van der Waals surface area contributed by atoms with Crippen molar-refractivity contribution in [1.29, 1.82) is 0 Å². The van der Waals surface area contributed by atoms with E-state index in [1.165, 1.54) is 17.5 Å². The molecule has 134 valence electrons. The van der Waals surface area contributed by atoms with Crippen molar-refractivity contribution < 1.29 is 5.11 Å². The Labute approximate surface area is 151 Å². The molecule has 0 saturated carbocycles. The van der Waals surface area contributed by atoms with E-state index in [0.717, 1.165) is 18.5 Å². The number of hydrogen-bond acceptors (Lipinski definition) is 3. The molecule has 0 aliphatic carbocycles. The van der Waals surface area contributed by atoms with Crippen LogP contribution >= 0.6 is 0 Å². The Hall–Kier alpha value is -1.84. The summed E-state index contributed by atoms with van der Waals surface area (Å²) in [5, 5.41) is 17.6. The van der Waals surface area contributed by atoms with E-state index in [0.29, 0.717) is 24.4 Å². The topological polar surface area (TPSA) is 44.3 Å². The third-order valence-corrected chi connectivity index (χ3v) is 5.12. The lowest BCUT2D eigenvalue weighted by atomic mass is 9.86. The van der Waals surface area contributed by atoms with Crippen LogP contribution in [0.1, 0.15) is 56.3 Å². The molecule has 3 heteroatoms. The van der Waals surface area contributed by atoms with Crippen molar-refractivity contribution in [1.82, 2.24) is 10.6 Å². The second-order valence-corrected chi connectivity index (χ2v) is 8.07. The Morgan fingerprint density at radius 1 is 1.12 bits per heavy atom. The van der Waals surface area contributed by atoms with Gasteiger partial charge in [-0.15, -0.1) is 0 Å². The minimum absolute atomic E-state index is 0.0847. The van der Waals surface area contributed by atoms with Crippen LogP contribution in [-0.4, -0.2) is 17.7 Å². The van der Waals surface area contributed by atoms with Gasteiger partial charge in [0.25, 0.3) is 0 Å². The van der Waals surface area contributed by atoms with E-state index < -0.39 is 0 Å². The summed E-state index contributed by atoms with van der Waals surface area (Å²) < 4.78 is 0. The van der Waals surface area contributed by atoms with Crippen LogP contribution in [0.4, 0.5) is 0 Å². The van der Waals surface area contributed by atoms with Crippen LogP contribution in [0.25, 0.3) is 0 Å². The van der Waals surface area contributed by atoms with Crippen LogP contribution in [0.5, 0.6) is 5.75 Å². The maximum absolute atomic E-state index is 10.3. The molecule has 0 spiro atoms.